The minimum absolute atomic E-state index is 0. The molecule has 0 bridgehead atoms. The van der Waals surface area contributed by atoms with Crippen molar-refractivity contribution in [2.75, 3.05) is 13.1 Å². The molecule has 1 aliphatic heterocycles. The molecule has 23 heavy (non-hydrogen) atoms. The fourth-order valence-corrected chi connectivity index (χ4v) is 2.59. The van der Waals surface area contributed by atoms with Crippen molar-refractivity contribution < 1.29 is 18.4 Å². The topological polar surface area (TPSA) is 75.4 Å². The summed E-state index contributed by atoms with van der Waals surface area (Å²) in [5, 5.41) is 2.54. The number of benzene rings is 1. The molecule has 2 amide bonds. The molecule has 1 aromatic carbocycles. The van der Waals surface area contributed by atoms with Crippen molar-refractivity contribution >= 4 is 24.2 Å². The molecule has 1 unspecified atom stereocenters. The maximum Gasteiger partial charge on any atom is 0.225 e. The first-order valence-corrected chi connectivity index (χ1v) is 7.12. The van der Waals surface area contributed by atoms with Gasteiger partial charge < -0.3 is 16.0 Å². The molecule has 2 atom stereocenters. The molecule has 8 heteroatoms. The number of nitrogens with one attached hydrogen (secondary N) is 1. The first-order chi connectivity index (χ1) is 10.4. The van der Waals surface area contributed by atoms with Crippen LogP contribution in [0.3, 0.4) is 0 Å². The lowest BCUT2D eigenvalue weighted by atomic mass is 10.0. The Hall–Kier alpha value is -1.73. The number of carbonyl (C=O) groups excluding carboxylic acids is 2. The number of nitrogens with two attached hydrogens (primary N) is 1. The fraction of sp³-hybridized carbons (Fsp3) is 0.467. The zero-order valence-electron chi connectivity index (χ0n) is 12.7. The summed E-state index contributed by atoms with van der Waals surface area (Å²) in [6.07, 6.45) is 0.635. The summed E-state index contributed by atoms with van der Waals surface area (Å²) in [6, 6.07) is 2.20. The molecule has 0 saturated carbocycles. The first-order valence-electron chi connectivity index (χ1n) is 7.12. The van der Waals surface area contributed by atoms with Gasteiger partial charge in [-0.15, -0.1) is 12.4 Å². The summed E-state index contributed by atoms with van der Waals surface area (Å²) < 4.78 is 26.9. The molecule has 0 radical (unpaired) electrons. The highest BCUT2D eigenvalue weighted by molar-refractivity contribution is 5.85. The summed E-state index contributed by atoms with van der Waals surface area (Å²) in [4.78, 5) is 25.2. The largest absolute Gasteiger partial charge is 0.349 e. The Bertz CT molecular complexity index is 586. The second-order valence-corrected chi connectivity index (χ2v) is 5.51. The number of amides is 2. The normalized spacial score (nSPS) is 18.3. The van der Waals surface area contributed by atoms with Gasteiger partial charge in [0.1, 0.15) is 11.6 Å². The van der Waals surface area contributed by atoms with E-state index in [9.17, 15) is 18.4 Å². The lowest BCUT2D eigenvalue weighted by molar-refractivity contribution is -0.131. The van der Waals surface area contributed by atoms with Crippen LogP contribution in [0.1, 0.15) is 31.4 Å². The Kier molecular flexibility index (Phi) is 6.90. The molecule has 0 spiro atoms. The van der Waals surface area contributed by atoms with Gasteiger partial charge in [-0.2, -0.15) is 0 Å². The number of rotatable bonds is 4. The van der Waals surface area contributed by atoms with E-state index in [-0.39, 0.29) is 42.2 Å². The van der Waals surface area contributed by atoms with E-state index in [1.807, 2.05) is 0 Å². The zero-order chi connectivity index (χ0) is 16.3. The molecule has 1 heterocycles. The van der Waals surface area contributed by atoms with Gasteiger partial charge in [-0.25, -0.2) is 8.78 Å². The standard InChI is InChI=1S/C15H19F2N3O2.ClH/c1-9(21)19-14(12-3-2-10(16)6-13(12)17)7-15(22)20-5-4-11(18)8-20;/h2-3,6,11,14H,4-5,7-8,18H2,1H3,(H,19,21);1H/t11-,14?;/m1./s1. The maximum atomic E-state index is 13.9. The van der Waals surface area contributed by atoms with Crippen LogP contribution >= 0.6 is 12.4 Å². The van der Waals surface area contributed by atoms with E-state index in [2.05, 4.69) is 5.32 Å². The molecular weight excluding hydrogens is 328 g/mol. The van der Waals surface area contributed by atoms with E-state index < -0.39 is 17.7 Å². The van der Waals surface area contributed by atoms with Crippen LogP contribution in [0.25, 0.3) is 0 Å². The third-order valence-corrected chi connectivity index (χ3v) is 3.67. The van der Waals surface area contributed by atoms with E-state index in [1.54, 1.807) is 4.90 Å². The Balaban J connectivity index is 0.00000264. The summed E-state index contributed by atoms with van der Waals surface area (Å²) in [6.45, 7) is 2.29. The predicted molar refractivity (Wildman–Crippen MR) is 84.0 cm³/mol. The molecule has 5 nitrogen and oxygen atoms in total. The van der Waals surface area contributed by atoms with Crippen LogP contribution in [-0.4, -0.2) is 35.8 Å². The van der Waals surface area contributed by atoms with Gasteiger partial charge in [0.05, 0.1) is 12.5 Å². The smallest absolute Gasteiger partial charge is 0.225 e. The van der Waals surface area contributed by atoms with Crippen molar-refractivity contribution in [2.24, 2.45) is 5.73 Å². The third kappa shape index (κ3) is 5.14. The van der Waals surface area contributed by atoms with Crippen LogP contribution in [0.15, 0.2) is 18.2 Å². The second kappa shape index (κ2) is 8.21. The van der Waals surface area contributed by atoms with Gasteiger partial charge in [0.25, 0.3) is 0 Å². The van der Waals surface area contributed by atoms with Gasteiger partial charge in [0.15, 0.2) is 0 Å². The zero-order valence-corrected chi connectivity index (χ0v) is 13.5. The van der Waals surface area contributed by atoms with Gasteiger partial charge in [0.2, 0.25) is 11.8 Å². The molecule has 128 valence electrons. The van der Waals surface area contributed by atoms with E-state index in [0.29, 0.717) is 13.1 Å². The summed E-state index contributed by atoms with van der Waals surface area (Å²) >= 11 is 0. The Morgan fingerprint density at radius 3 is 2.65 bits per heavy atom. The van der Waals surface area contributed by atoms with Crippen LogP contribution in [0.5, 0.6) is 0 Å². The highest BCUT2D eigenvalue weighted by atomic mass is 35.5. The van der Waals surface area contributed by atoms with Crippen molar-refractivity contribution in [1.82, 2.24) is 10.2 Å². The molecule has 0 aliphatic carbocycles. The SMILES string of the molecule is CC(=O)NC(CC(=O)N1CC[C@@H](N)C1)c1ccc(F)cc1F.Cl. The van der Waals surface area contributed by atoms with Crippen molar-refractivity contribution in [3.05, 3.63) is 35.4 Å². The number of hydrogen-bond acceptors (Lipinski definition) is 3. The molecule has 3 N–H and O–H groups in total. The maximum absolute atomic E-state index is 13.9. The van der Waals surface area contributed by atoms with Crippen molar-refractivity contribution in [1.29, 1.82) is 0 Å². The lowest BCUT2D eigenvalue weighted by Gasteiger charge is -2.22. The van der Waals surface area contributed by atoms with Gasteiger partial charge in [-0.1, -0.05) is 6.07 Å². The number of halogens is 3. The molecule has 0 aromatic heterocycles. The van der Waals surface area contributed by atoms with E-state index in [0.717, 1.165) is 18.6 Å². The minimum atomic E-state index is -0.831. The van der Waals surface area contributed by atoms with E-state index >= 15 is 0 Å². The number of hydrogen-bond donors (Lipinski definition) is 2. The van der Waals surface area contributed by atoms with Crippen LogP contribution in [0.4, 0.5) is 8.78 Å². The number of carbonyl (C=O) groups is 2. The molecule has 1 aliphatic rings. The molecule has 1 fully saturated rings. The fourth-order valence-electron chi connectivity index (χ4n) is 2.59. The highest BCUT2D eigenvalue weighted by Crippen LogP contribution is 2.23. The predicted octanol–water partition coefficient (Wildman–Crippen LogP) is 1.51. The lowest BCUT2D eigenvalue weighted by Crippen LogP contribution is -2.36. The Morgan fingerprint density at radius 1 is 1.43 bits per heavy atom. The summed E-state index contributed by atoms with van der Waals surface area (Å²) in [5.74, 6) is -2.10. The van der Waals surface area contributed by atoms with Gasteiger partial charge in [-0.05, 0) is 12.5 Å². The van der Waals surface area contributed by atoms with Crippen LogP contribution < -0.4 is 11.1 Å². The minimum Gasteiger partial charge on any atom is -0.349 e. The molecule has 2 rings (SSSR count). The highest BCUT2D eigenvalue weighted by Gasteiger charge is 2.27. The summed E-state index contributed by atoms with van der Waals surface area (Å²) in [7, 11) is 0. The van der Waals surface area contributed by atoms with Crippen molar-refractivity contribution in [3.63, 3.8) is 0 Å². The first kappa shape index (κ1) is 19.3. The van der Waals surface area contributed by atoms with Gasteiger partial charge in [0, 0.05) is 37.7 Å². The molecule has 1 aromatic rings. The van der Waals surface area contributed by atoms with E-state index in [4.69, 9.17) is 5.73 Å². The third-order valence-electron chi connectivity index (χ3n) is 3.67. The monoisotopic (exact) mass is 347 g/mol. The molecular formula is C15H20ClF2N3O2. The van der Waals surface area contributed by atoms with Crippen LogP contribution in [0.2, 0.25) is 0 Å². The number of nitrogens with zero attached hydrogens (tertiary/aromatic N) is 1. The average Bonchev–Trinajstić information content (AvgIpc) is 2.84. The van der Waals surface area contributed by atoms with Gasteiger partial charge >= 0.3 is 0 Å². The molecule has 1 saturated heterocycles. The van der Waals surface area contributed by atoms with Crippen molar-refractivity contribution in [3.8, 4) is 0 Å². The van der Waals surface area contributed by atoms with Crippen LogP contribution in [0, 0.1) is 11.6 Å². The van der Waals surface area contributed by atoms with Gasteiger partial charge in [-0.3, -0.25) is 9.59 Å². The Labute approximate surface area is 139 Å². The van der Waals surface area contributed by atoms with Crippen molar-refractivity contribution in [2.45, 2.75) is 31.8 Å². The summed E-state index contributed by atoms with van der Waals surface area (Å²) in [5.41, 5.74) is 5.85. The van der Waals surface area contributed by atoms with E-state index in [1.165, 1.54) is 13.0 Å². The Morgan fingerprint density at radius 2 is 2.13 bits per heavy atom. The quantitative estimate of drug-likeness (QED) is 0.867. The second-order valence-electron chi connectivity index (χ2n) is 5.51. The average molecular weight is 348 g/mol. The van der Waals surface area contributed by atoms with Crippen LogP contribution in [-0.2, 0) is 9.59 Å². The number of likely N-dealkylation sites (tertiary alicyclic amines) is 1.